The number of piperidine rings is 1. The van der Waals surface area contributed by atoms with E-state index < -0.39 is 73.4 Å². The van der Waals surface area contributed by atoms with Crippen molar-refractivity contribution in [3.8, 4) is 11.6 Å². The smallest absolute Gasteiger partial charge is 0.408 e. The molecule has 0 spiro atoms. The van der Waals surface area contributed by atoms with Crippen LogP contribution in [0.2, 0.25) is 0 Å². The lowest BCUT2D eigenvalue weighted by Gasteiger charge is -2.35. The minimum Gasteiger partial charge on any atom is -0.489 e. The number of aromatic nitrogens is 1. The first-order valence-electron chi connectivity index (χ1n) is 23.4. The second-order valence-electron chi connectivity index (χ2n) is 20.6. The highest BCUT2D eigenvalue weighted by Gasteiger charge is 2.62. The molecule has 16 heteroatoms. The van der Waals surface area contributed by atoms with Crippen molar-refractivity contribution in [3.05, 3.63) is 42.5 Å². The SMILES string of the molecule is C=C[C@@H]1C[C@]1(CC(=O)[C@@H]1C[C@@H]2CN1C(=O)[C@H](C(C)(C)C)NC(=O)O[C@@H]1C[C@H]1CCCCCc1c(nc3ccccc3c1OC1CCN(CCOC)CC1)O2)C(=O)NS(=O)(=O)C1(C)CC1. The number of nitrogens with one attached hydrogen (secondary N) is 2. The van der Waals surface area contributed by atoms with Crippen LogP contribution in [0.1, 0.15) is 110 Å². The largest absolute Gasteiger partial charge is 0.489 e. The molecule has 6 aliphatic rings. The first-order valence-corrected chi connectivity index (χ1v) is 24.9. The number of methoxy groups -OCH3 is 1. The van der Waals surface area contributed by atoms with E-state index in [9.17, 15) is 27.6 Å². The summed E-state index contributed by atoms with van der Waals surface area (Å²) in [5.41, 5.74) is -0.556. The maximum Gasteiger partial charge on any atom is 0.408 e. The number of rotatable bonds is 12. The van der Waals surface area contributed by atoms with Gasteiger partial charge in [0.25, 0.3) is 0 Å². The number of ether oxygens (including phenoxy) is 4. The van der Waals surface area contributed by atoms with Crippen LogP contribution >= 0.6 is 0 Å². The molecule has 2 N–H and O–H groups in total. The molecule has 2 bridgehead atoms. The molecule has 3 aliphatic heterocycles. The Labute approximate surface area is 377 Å². The Bertz CT molecular complexity index is 2230. The van der Waals surface area contributed by atoms with Crippen molar-refractivity contribution in [2.45, 2.75) is 146 Å². The molecule has 3 aliphatic carbocycles. The van der Waals surface area contributed by atoms with Crippen LogP contribution in [-0.2, 0) is 40.3 Å². The fourth-order valence-corrected chi connectivity index (χ4v) is 11.3. The molecule has 8 rings (SSSR count). The number of hydrogen-bond donors (Lipinski definition) is 2. The van der Waals surface area contributed by atoms with Crippen LogP contribution in [-0.4, -0.2) is 122 Å². The van der Waals surface area contributed by atoms with Crippen LogP contribution in [0.4, 0.5) is 4.79 Å². The highest BCUT2D eigenvalue weighted by molar-refractivity contribution is 7.91. The number of amides is 3. The highest BCUT2D eigenvalue weighted by atomic mass is 32.2. The van der Waals surface area contributed by atoms with Crippen molar-refractivity contribution in [1.82, 2.24) is 24.8 Å². The number of carbonyl (C=O) groups excluding carboxylic acids is 4. The van der Waals surface area contributed by atoms with Crippen LogP contribution in [0.3, 0.4) is 0 Å². The Kier molecular flexibility index (Phi) is 13.1. The number of pyridine rings is 1. The van der Waals surface area contributed by atoms with Crippen LogP contribution in [0.5, 0.6) is 11.6 Å². The predicted molar refractivity (Wildman–Crippen MR) is 240 cm³/mol. The lowest BCUT2D eigenvalue weighted by Crippen LogP contribution is -2.57. The van der Waals surface area contributed by atoms with Crippen LogP contribution in [0.15, 0.2) is 36.9 Å². The number of alkyl carbamates (subject to hydrolysis) is 1. The van der Waals surface area contributed by atoms with Crippen molar-refractivity contribution in [1.29, 1.82) is 0 Å². The highest BCUT2D eigenvalue weighted by Crippen LogP contribution is 2.57. The van der Waals surface area contributed by atoms with E-state index in [1.165, 1.54) is 4.90 Å². The van der Waals surface area contributed by atoms with E-state index in [1.807, 2.05) is 45.0 Å². The average Bonchev–Trinajstić information content (AvgIpc) is 4.22. The zero-order valence-electron chi connectivity index (χ0n) is 38.2. The Hall–Kier alpha value is -4.28. The second-order valence-corrected chi connectivity index (χ2v) is 22.8. The molecule has 3 saturated carbocycles. The van der Waals surface area contributed by atoms with Gasteiger partial charge in [-0.3, -0.25) is 19.1 Å². The van der Waals surface area contributed by atoms with E-state index in [0.717, 1.165) is 81.3 Å². The number of allylic oxidation sites excluding steroid dienone is 1. The second kappa shape index (κ2) is 18.2. The van der Waals surface area contributed by atoms with Gasteiger partial charge in [0.15, 0.2) is 5.78 Å². The summed E-state index contributed by atoms with van der Waals surface area (Å²) in [4.78, 5) is 66.1. The lowest BCUT2D eigenvalue weighted by atomic mass is 9.85. The number of likely N-dealkylation sites (tertiary alicyclic amines) is 1. The van der Waals surface area contributed by atoms with E-state index in [-0.39, 0.29) is 43.9 Å². The third kappa shape index (κ3) is 9.79. The van der Waals surface area contributed by atoms with E-state index in [1.54, 1.807) is 20.1 Å². The Morgan fingerprint density at radius 1 is 1.06 bits per heavy atom. The fraction of sp³-hybridized carbons (Fsp3) is 0.688. The zero-order valence-corrected chi connectivity index (χ0v) is 39.0. The standard InChI is InChI=1S/C48H67N5O10S/c1-7-31-27-48(31,44(56)51-64(58,59)47(5)19-20-47)28-38(54)37-26-33-29-53(37)43(55)41(46(2,3)4)50-45(57)63-39-25-30(39)13-9-8-10-15-35-40(34-14-11-12-16-36(34)49-42(35)62-33)61-32-17-21-52(22-18-32)23-24-60-6/h7,11-12,14,16,30-33,37,39,41H,1,8-10,13,15,17-29H2,2-6H3,(H,50,57)(H,51,56)/t30-,31-,33-,37+,39-,41-,48-/m1/s1. The number of Topliss-reactive ketones (excluding diaryl/α,β-unsaturated/α-hetero) is 1. The molecular weight excluding hydrogens is 839 g/mol. The average molecular weight is 906 g/mol. The number of fused-ring (bicyclic) bond motifs is 5. The van der Waals surface area contributed by atoms with E-state index in [4.69, 9.17) is 23.9 Å². The summed E-state index contributed by atoms with van der Waals surface area (Å²) in [6.45, 7) is 14.4. The summed E-state index contributed by atoms with van der Waals surface area (Å²) in [6, 6.07) is 5.77. The van der Waals surface area contributed by atoms with Crippen LogP contribution < -0.4 is 19.5 Å². The third-order valence-corrected chi connectivity index (χ3v) is 16.9. The maximum atomic E-state index is 14.9. The number of ketones is 1. The number of hydrogen-bond acceptors (Lipinski definition) is 12. The van der Waals surface area contributed by atoms with Gasteiger partial charge in [0, 0.05) is 45.0 Å². The minimum atomic E-state index is -3.98. The minimum absolute atomic E-state index is 0.00410. The van der Waals surface area contributed by atoms with Crippen molar-refractivity contribution in [2.75, 3.05) is 39.9 Å². The zero-order chi connectivity index (χ0) is 45.6. The van der Waals surface area contributed by atoms with Crippen molar-refractivity contribution < 1.29 is 46.5 Å². The van der Waals surface area contributed by atoms with Crippen LogP contribution in [0.25, 0.3) is 10.9 Å². The number of carbonyl (C=O) groups is 4. The summed E-state index contributed by atoms with van der Waals surface area (Å²) in [5, 5.41) is 3.76. The van der Waals surface area contributed by atoms with E-state index in [2.05, 4.69) is 21.5 Å². The molecule has 64 heavy (non-hydrogen) atoms. The Morgan fingerprint density at radius 2 is 1.81 bits per heavy atom. The van der Waals surface area contributed by atoms with Gasteiger partial charge in [-0.05, 0) is 94.1 Å². The number of nitrogens with zero attached hydrogens (tertiary/aromatic N) is 3. The first kappa shape index (κ1) is 46.3. The molecule has 1 aromatic heterocycles. The summed E-state index contributed by atoms with van der Waals surface area (Å²) < 4.78 is 52.8. The molecule has 3 amide bonds. The van der Waals surface area contributed by atoms with E-state index >= 15 is 0 Å². The summed E-state index contributed by atoms with van der Waals surface area (Å²) >= 11 is 0. The number of benzene rings is 1. The predicted octanol–water partition coefficient (Wildman–Crippen LogP) is 5.87. The van der Waals surface area contributed by atoms with Gasteiger partial charge in [0.05, 0.1) is 40.4 Å². The van der Waals surface area contributed by atoms with Gasteiger partial charge in [-0.2, -0.15) is 0 Å². The van der Waals surface area contributed by atoms with E-state index in [0.29, 0.717) is 37.3 Å². The summed E-state index contributed by atoms with van der Waals surface area (Å²) in [7, 11) is -2.26. The van der Waals surface area contributed by atoms with Crippen LogP contribution in [0, 0.1) is 22.7 Å². The number of sulfonamides is 1. The molecule has 0 unspecified atom stereocenters. The summed E-state index contributed by atoms with van der Waals surface area (Å²) in [6.07, 6.45) is 7.66. The van der Waals surface area contributed by atoms with Gasteiger partial charge >= 0.3 is 6.09 Å². The topological polar surface area (TPSA) is 183 Å². The van der Waals surface area contributed by atoms with Gasteiger partial charge in [-0.15, -0.1) is 6.58 Å². The monoisotopic (exact) mass is 905 g/mol. The molecule has 1 aromatic carbocycles. The molecule has 2 aromatic rings. The fourth-order valence-electron chi connectivity index (χ4n) is 9.94. The summed E-state index contributed by atoms with van der Waals surface area (Å²) in [5.74, 6) is -0.631. The van der Waals surface area contributed by atoms with Crippen molar-refractivity contribution >= 4 is 44.6 Å². The molecule has 0 radical (unpaired) electrons. The van der Waals surface area contributed by atoms with Gasteiger partial charge in [0.1, 0.15) is 30.1 Å². The lowest BCUT2D eigenvalue weighted by molar-refractivity contribution is -0.142. The molecule has 7 atom stereocenters. The van der Waals surface area contributed by atoms with Crippen molar-refractivity contribution in [2.24, 2.45) is 22.7 Å². The molecule has 350 valence electrons. The van der Waals surface area contributed by atoms with Gasteiger partial charge in [0.2, 0.25) is 27.7 Å². The molecule has 2 saturated heterocycles. The number of para-hydroxylation sites is 1. The van der Waals surface area contributed by atoms with Gasteiger partial charge in [-0.25, -0.2) is 18.2 Å². The normalized spacial score (nSPS) is 30.0. The third-order valence-electron chi connectivity index (χ3n) is 14.7. The Morgan fingerprint density at radius 3 is 2.50 bits per heavy atom. The molecule has 5 fully saturated rings. The first-order chi connectivity index (χ1) is 30.4. The van der Waals surface area contributed by atoms with Crippen molar-refractivity contribution in [3.63, 3.8) is 0 Å². The maximum absolute atomic E-state index is 14.9. The van der Waals surface area contributed by atoms with Gasteiger partial charge < -0.3 is 34.1 Å². The molecule has 4 heterocycles. The van der Waals surface area contributed by atoms with Gasteiger partial charge in [-0.1, -0.05) is 51.8 Å². The Balaban J connectivity index is 1.13. The molecular formula is C48H67N5O10S. The quantitative estimate of drug-likeness (QED) is 0.242. The molecule has 15 nitrogen and oxygen atoms in total.